The third-order valence-corrected chi connectivity index (χ3v) is 11.8. The van der Waals surface area contributed by atoms with Crippen molar-refractivity contribution in [3.63, 3.8) is 0 Å². The second-order valence-corrected chi connectivity index (χ2v) is 17.6. The summed E-state index contributed by atoms with van der Waals surface area (Å²) in [4.78, 5) is 10.8. The molecule has 9 rings (SSSR count). The van der Waals surface area contributed by atoms with Crippen LogP contribution in [0.5, 0.6) is 0 Å². The molecule has 0 amide bonds. The van der Waals surface area contributed by atoms with E-state index in [0.29, 0.717) is 23.7 Å². The lowest BCUT2D eigenvalue weighted by Gasteiger charge is -2.29. The largest absolute Gasteiger partial charge is 0.292 e. The van der Waals surface area contributed by atoms with E-state index in [1.807, 2.05) is 0 Å². The van der Waals surface area contributed by atoms with Crippen LogP contribution in [0.2, 0.25) is 0 Å². The average Bonchev–Trinajstić information content (AvgIpc) is 3.75. The highest BCUT2D eigenvalue weighted by molar-refractivity contribution is 5.90. The molecular formula is C53H54N4. The van der Waals surface area contributed by atoms with Crippen LogP contribution in [-0.4, -0.2) is 19.1 Å². The summed E-state index contributed by atoms with van der Waals surface area (Å²) in [6.45, 7) is 18.4. The number of benzene rings is 6. The maximum atomic E-state index is 5.44. The van der Waals surface area contributed by atoms with E-state index in [4.69, 9.17) is 9.97 Å². The van der Waals surface area contributed by atoms with Crippen molar-refractivity contribution in [3.8, 4) is 34.2 Å². The quantitative estimate of drug-likeness (QED) is 0.140. The van der Waals surface area contributed by atoms with Gasteiger partial charge < -0.3 is 0 Å². The molecule has 6 aromatic carbocycles. The molecule has 0 saturated carbocycles. The van der Waals surface area contributed by atoms with E-state index in [2.05, 4.69) is 186 Å². The first-order valence-electron chi connectivity index (χ1n) is 21.0. The van der Waals surface area contributed by atoms with Crippen molar-refractivity contribution in [2.24, 2.45) is 11.8 Å². The average molecular weight is 747 g/mol. The smallest absolute Gasteiger partial charge is 0.145 e. The van der Waals surface area contributed by atoms with Gasteiger partial charge in [-0.05, 0) is 113 Å². The maximum absolute atomic E-state index is 5.44. The van der Waals surface area contributed by atoms with Crippen LogP contribution >= 0.6 is 0 Å². The van der Waals surface area contributed by atoms with Crippen molar-refractivity contribution in [1.82, 2.24) is 19.1 Å². The summed E-state index contributed by atoms with van der Waals surface area (Å²) in [5.74, 6) is 3.78. The molecule has 1 atom stereocenters. The highest BCUT2D eigenvalue weighted by atomic mass is 15.1. The lowest BCUT2D eigenvalue weighted by atomic mass is 9.84. The molecule has 8 aromatic rings. The van der Waals surface area contributed by atoms with Crippen LogP contribution in [0, 0.1) is 18.8 Å². The highest BCUT2D eigenvalue weighted by Gasteiger charge is 2.31. The Balaban J connectivity index is 1.16. The highest BCUT2D eigenvalue weighted by Crippen LogP contribution is 2.46. The summed E-state index contributed by atoms with van der Waals surface area (Å²) in [6.07, 6.45) is 2.83. The predicted octanol–water partition coefficient (Wildman–Crippen LogP) is 13.6. The molecule has 0 bridgehead atoms. The van der Waals surface area contributed by atoms with Gasteiger partial charge in [0.15, 0.2) is 0 Å². The molecule has 3 heterocycles. The second kappa shape index (κ2) is 14.6. The molecule has 1 aliphatic rings. The number of aromatic nitrogens is 4. The fourth-order valence-corrected chi connectivity index (χ4v) is 9.39. The van der Waals surface area contributed by atoms with Crippen molar-refractivity contribution in [2.45, 2.75) is 86.5 Å². The number of para-hydroxylation sites is 2. The number of imidazole rings is 2. The fourth-order valence-electron chi connectivity index (χ4n) is 9.39. The van der Waals surface area contributed by atoms with Crippen molar-refractivity contribution in [2.75, 3.05) is 0 Å². The van der Waals surface area contributed by atoms with Gasteiger partial charge in [0.1, 0.15) is 11.6 Å². The molecule has 2 aromatic heterocycles. The summed E-state index contributed by atoms with van der Waals surface area (Å²) >= 11 is 0. The molecule has 0 spiro atoms. The zero-order chi connectivity index (χ0) is 39.5. The maximum Gasteiger partial charge on any atom is 0.145 e. The number of fused-ring (bicyclic) bond motifs is 3. The van der Waals surface area contributed by atoms with Crippen LogP contribution in [0.15, 0.2) is 121 Å². The summed E-state index contributed by atoms with van der Waals surface area (Å²) in [7, 11) is 0. The van der Waals surface area contributed by atoms with Crippen LogP contribution in [0.25, 0.3) is 56.2 Å². The number of rotatable bonds is 10. The summed E-state index contributed by atoms with van der Waals surface area (Å²) < 4.78 is 4.93. The van der Waals surface area contributed by atoms with Gasteiger partial charge in [0, 0.05) is 17.0 Å². The molecule has 1 aliphatic heterocycles. The Morgan fingerprint density at radius 1 is 0.561 bits per heavy atom. The number of nitrogens with zero attached hydrogens (tertiary/aromatic N) is 4. The van der Waals surface area contributed by atoms with E-state index < -0.39 is 0 Å². The molecular weight excluding hydrogens is 693 g/mol. The lowest BCUT2D eigenvalue weighted by Crippen LogP contribution is -2.15. The van der Waals surface area contributed by atoms with Crippen LogP contribution in [0.3, 0.4) is 0 Å². The normalized spacial score (nSPS) is 13.8. The first-order chi connectivity index (χ1) is 27.5. The minimum atomic E-state index is 0.302. The van der Waals surface area contributed by atoms with Gasteiger partial charge in [-0.3, -0.25) is 9.13 Å². The molecule has 0 N–H and O–H groups in total. The summed E-state index contributed by atoms with van der Waals surface area (Å²) in [5, 5.41) is 0. The van der Waals surface area contributed by atoms with E-state index >= 15 is 0 Å². The molecule has 4 heteroatoms. The van der Waals surface area contributed by atoms with Crippen molar-refractivity contribution in [1.29, 1.82) is 0 Å². The van der Waals surface area contributed by atoms with Gasteiger partial charge in [-0.25, -0.2) is 9.97 Å². The molecule has 0 aliphatic carbocycles. The molecule has 0 fully saturated rings. The third kappa shape index (κ3) is 6.59. The summed E-state index contributed by atoms with van der Waals surface area (Å²) in [6, 6.07) is 45.0. The van der Waals surface area contributed by atoms with E-state index in [-0.39, 0.29) is 0 Å². The van der Waals surface area contributed by atoms with Crippen LogP contribution in [-0.2, 0) is 19.3 Å². The minimum Gasteiger partial charge on any atom is -0.292 e. The molecule has 286 valence electrons. The Labute approximate surface area is 338 Å². The van der Waals surface area contributed by atoms with Crippen LogP contribution in [0.4, 0.5) is 0 Å². The topological polar surface area (TPSA) is 35.6 Å². The lowest BCUT2D eigenvalue weighted by molar-refractivity contribution is 0.632. The third-order valence-electron chi connectivity index (χ3n) is 11.8. The van der Waals surface area contributed by atoms with Gasteiger partial charge in [-0.2, -0.15) is 0 Å². The molecule has 0 saturated heterocycles. The zero-order valence-corrected chi connectivity index (χ0v) is 34.8. The minimum absolute atomic E-state index is 0.302. The van der Waals surface area contributed by atoms with Gasteiger partial charge >= 0.3 is 0 Å². The predicted molar refractivity (Wildman–Crippen MR) is 239 cm³/mol. The van der Waals surface area contributed by atoms with Gasteiger partial charge in [0.2, 0.25) is 0 Å². The number of hydrogen-bond acceptors (Lipinski definition) is 2. The number of aryl methyl sites for hydroxylation is 1. The Morgan fingerprint density at radius 3 is 1.93 bits per heavy atom. The Bertz CT molecular complexity index is 2750. The second-order valence-electron chi connectivity index (χ2n) is 17.6. The first kappa shape index (κ1) is 36.9. The Kier molecular flexibility index (Phi) is 9.47. The van der Waals surface area contributed by atoms with Crippen molar-refractivity contribution in [3.05, 3.63) is 166 Å². The van der Waals surface area contributed by atoms with E-state index in [0.717, 1.165) is 58.6 Å². The molecule has 1 unspecified atom stereocenters. The van der Waals surface area contributed by atoms with Gasteiger partial charge in [0.25, 0.3) is 0 Å². The molecule has 0 radical (unpaired) electrons. The Hall–Kier alpha value is -5.74. The van der Waals surface area contributed by atoms with Crippen LogP contribution in [0.1, 0.15) is 105 Å². The van der Waals surface area contributed by atoms with Gasteiger partial charge in [-0.15, -0.1) is 0 Å². The summed E-state index contributed by atoms with van der Waals surface area (Å²) in [5.41, 5.74) is 20.0. The van der Waals surface area contributed by atoms with E-state index in [9.17, 15) is 0 Å². The first-order valence-corrected chi connectivity index (χ1v) is 21.0. The van der Waals surface area contributed by atoms with Crippen molar-refractivity contribution < 1.29 is 0 Å². The zero-order valence-electron chi connectivity index (χ0n) is 34.8. The standard InChI is InChI=1S/C53H54N4/c1-32(2)25-40-18-13-19-41(26-33(3)4)49(40)56-48-24-23-38(31-46(48)54-52(56)39-16-10-9-11-17-39)29-37-15-12-20-42(30-37)53-55-47-28-35(7)27-45-36(8)44-22-14-21-43(34(5)6)50(44)57(53)51(45)47/h9-24,27-28,30-34,36H,25-26,29H2,1-8H3. The molecule has 4 nitrogen and oxygen atoms in total. The van der Waals surface area contributed by atoms with Gasteiger partial charge in [-0.1, -0.05) is 146 Å². The fraction of sp³-hybridized carbons (Fsp3) is 0.283. The van der Waals surface area contributed by atoms with E-state index in [1.165, 1.54) is 61.4 Å². The molecule has 57 heavy (non-hydrogen) atoms. The van der Waals surface area contributed by atoms with Crippen LogP contribution < -0.4 is 0 Å². The SMILES string of the molecule is Cc1cc2c3c(c1)nc(-c1cccc(Cc4ccc5c(c4)nc(-c4ccccc4)n5-c4c(CC(C)C)cccc4CC(C)C)c1)n3-c1c(C(C)C)cccc1C2C. The Morgan fingerprint density at radius 2 is 1.21 bits per heavy atom. The van der Waals surface area contributed by atoms with E-state index in [1.54, 1.807) is 0 Å². The van der Waals surface area contributed by atoms with Crippen molar-refractivity contribution >= 4 is 22.1 Å². The van der Waals surface area contributed by atoms with Gasteiger partial charge in [0.05, 0.1) is 33.4 Å². The number of hydrogen-bond donors (Lipinski definition) is 0. The monoisotopic (exact) mass is 746 g/mol.